The zero-order valence-electron chi connectivity index (χ0n) is 8.73. The van der Waals surface area contributed by atoms with Crippen molar-refractivity contribution in [1.82, 2.24) is 0 Å². The Bertz CT molecular complexity index is 414. The number of ketones is 1. The molecule has 0 aromatic heterocycles. The van der Waals surface area contributed by atoms with E-state index in [2.05, 4.69) is 10.1 Å². The van der Waals surface area contributed by atoms with Crippen molar-refractivity contribution in [2.24, 2.45) is 0 Å². The number of rotatable bonds is 5. The van der Waals surface area contributed by atoms with Gasteiger partial charge >= 0.3 is 0 Å². The number of hydrogen-bond donors (Lipinski definition) is 1. The number of anilines is 1. The van der Waals surface area contributed by atoms with Gasteiger partial charge in [0.25, 0.3) is 6.47 Å². The van der Waals surface area contributed by atoms with Gasteiger partial charge in [0, 0.05) is 0 Å². The fourth-order valence-electron chi connectivity index (χ4n) is 1.15. The summed E-state index contributed by atoms with van der Waals surface area (Å²) in [7, 11) is 0. The van der Waals surface area contributed by atoms with Crippen LogP contribution in [0, 0.1) is 0 Å². The van der Waals surface area contributed by atoms with Crippen LogP contribution < -0.4 is 10.1 Å². The van der Waals surface area contributed by atoms with Gasteiger partial charge in [-0.25, -0.2) is 0 Å². The van der Waals surface area contributed by atoms with E-state index in [4.69, 9.17) is 0 Å². The summed E-state index contributed by atoms with van der Waals surface area (Å²) in [5, 5.41) is 2.48. The predicted molar refractivity (Wildman–Crippen MR) is 57.1 cm³/mol. The molecule has 16 heavy (non-hydrogen) atoms. The number of Topliss-reactive ketones (excluding diaryl/α,β-unsaturated/α-hetero) is 1. The minimum atomic E-state index is -0.436. The summed E-state index contributed by atoms with van der Waals surface area (Å²) in [6.45, 7) is 1.60. The standard InChI is InChI=1S/C11H11NO4/c1-8(14)6-11(15)12-9-4-2-3-5-10(9)16-7-13/h2-5,7H,6H2,1H3,(H,12,15). The molecule has 1 aromatic rings. The fourth-order valence-corrected chi connectivity index (χ4v) is 1.15. The highest BCUT2D eigenvalue weighted by Gasteiger charge is 2.08. The third kappa shape index (κ3) is 3.53. The van der Waals surface area contributed by atoms with Crippen LogP contribution in [0.1, 0.15) is 13.3 Å². The molecule has 0 bridgehead atoms. The second-order valence-electron chi connectivity index (χ2n) is 3.14. The van der Waals surface area contributed by atoms with E-state index < -0.39 is 5.91 Å². The Morgan fingerprint density at radius 2 is 2.06 bits per heavy atom. The van der Waals surface area contributed by atoms with E-state index in [1.54, 1.807) is 18.2 Å². The molecule has 1 amide bonds. The summed E-state index contributed by atoms with van der Waals surface area (Å²) in [5.74, 6) is -0.421. The maximum absolute atomic E-state index is 11.3. The number of carbonyl (C=O) groups excluding carboxylic acids is 3. The molecule has 0 aliphatic rings. The molecule has 0 spiro atoms. The van der Waals surface area contributed by atoms with Gasteiger partial charge in [-0.05, 0) is 19.1 Å². The van der Waals surface area contributed by atoms with Crippen LogP contribution in [-0.4, -0.2) is 18.2 Å². The summed E-state index contributed by atoms with van der Waals surface area (Å²) in [6.07, 6.45) is -0.199. The normalized spacial score (nSPS) is 9.31. The molecule has 0 aliphatic heterocycles. The number of ether oxygens (including phenoxy) is 1. The second-order valence-corrected chi connectivity index (χ2v) is 3.14. The first kappa shape index (κ1) is 11.9. The molecule has 0 saturated heterocycles. The van der Waals surface area contributed by atoms with Crippen LogP contribution in [0.15, 0.2) is 24.3 Å². The molecular weight excluding hydrogens is 210 g/mol. The zero-order chi connectivity index (χ0) is 12.0. The first-order chi connectivity index (χ1) is 7.63. The average Bonchev–Trinajstić information content (AvgIpc) is 2.20. The summed E-state index contributed by atoms with van der Waals surface area (Å²) >= 11 is 0. The van der Waals surface area contributed by atoms with Crippen LogP contribution >= 0.6 is 0 Å². The van der Waals surface area contributed by atoms with Crippen molar-refractivity contribution >= 4 is 23.9 Å². The summed E-state index contributed by atoms with van der Waals surface area (Å²) in [5.41, 5.74) is 0.362. The lowest BCUT2D eigenvalue weighted by molar-refractivity contribution is -0.124. The lowest BCUT2D eigenvalue weighted by Crippen LogP contribution is -2.15. The van der Waals surface area contributed by atoms with Gasteiger partial charge in [0.1, 0.15) is 5.78 Å². The maximum Gasteiger partial charge on any atom is 0.298 e. The smallest absolute Gasteiger partial charge is 0.298 e. The van der Waals surface area contributed by atoms with Crippen molar-refractivity contribution in [2.45, 2.75) is 13.3 Å². The Kier molecular flexibility index (Phi) is 4.20. The molecule has 1 N–H and O–H groups in total. The molecule has 0 atom stereocenters. The fraction of sp³-hybridized carbons (Fsp3) is 0.182. The van der Waals surface area contributed by atoms with Crippen LogP contribution in [0.2, 0.25) is 0 Å². The van der Waals surface area contributed by atoms with Crippen LogP contribution in [0.4, 0.5) is 5.69 Å². The van der Waals surface area contributed by atoms with E-state index in [-0.39, 0.29) is 24.4 Å². The Balaban J connectivity index is 2.75. The molecule has 0 unspecified atom stereocenters. The Labute approximate surface area is 92.4 Å². The van der Waals surface area contributed by atoms with Gasteiger partial charge in [-0.3, -0.25) is 14.4 Å². The van der Waals surface area contributed by atoms with Gasteiger partial charge in [0.05, 0.1) is 12.1 Å². The van der Waals surface area contributed by atoms with Gasteiger partial charge in [-0.1, -0.05) is 12.1 Å². The number of nitrogens with one attached hydrogen (secondary N) is 1. The number of carbonyl (C=O) groups is 3. The lowest BCUT2D eigenvalue weighted by atomic mass is 10.2. The number of para-hydroxylation sites is 2. The van der Waals surface area contributed by atoms with Crippen molar-refractivity contribution in [3.8, 4) is 5.75 Å². The Hall–Kier alpha value is -2.17. The highest BCUT2D eigenvalue weighted by atomic mass is 16.5. The summed E-state index contributed by atoms with van der Waals surface area (Å²) in [4.78, 5) is 32.2. The SMILES string of the molecule is CC(=O)CC(=O)Nc1ccccc1OC=O. The second kappa shape index (κ2) is 5.65. The minimum absolute atomic E-state index is 0.199. The lowest BCUT2D eigenvalue weighted by Gasteiger charge is -2.07. The van der Waals surface area contributed by atoms with Gasteiger partial charge < -0.3 is 10.1 Å². The van der Waals surface area contributed by atoms with Crippen molar-refractivity contribution in [2.75, 3.05) is 5.32 Å². The van der Waals surface area contributed by atoms with Gasteiger partial charge in [0.15, 0.2) is 5.75 Å². The molecular formula is C11H11NO4. The molecule has 0 radical (unpaired) electrons. The number of amides is 1. The summed E-state index contributed by atoms with van der Waals surface area (Å²) in [6, 6.07) is 6.47. The molecule has 5 nitrogen and oxygen atoms in total. The average molecular weight is 221 g/mol. The Morgan fingerprint density at radius 1 is 1.38 bits per heavy atom. The van der Waals surface area contributed by atoms with Crippen molar-refractivity contribution in [1.29, 1.82) is 0 Å². The highest BCUT2D eigenvalue weighted by molar-refractivity contribution is 6.04. The Morgan fingerprint density at radius 3 is 2.69 bits per heavy atom. The molecule has 1 aromatic carbocycles. The van der Waals surface area contributed by atoms with Crippen LogP contribution in [0.3, 0.4) is 0 Å². The molecule has 5 heteroatoms. The molecule has 0 fully saturated rings. The van der Waals surface area contributed by atoms with E-state index in [0.717, 1.165) is 0 Å². The van der Waals surface area contributed by atoms with E-state index in [1.165, 1.54) is 13.0 Å². The topological polar surface area (TPSA) is 72.5 Å². The van der Waals surface area contributed by atoms with Gasteiger partial charge in [-0.2, -0.15) is 0 Å². The van der Waals surface area contributed by atoms with Crippen molar-refractivity contribution < 1.29 is 19.1 Å². The van der Waals surface area contributed by atoms with Crippen molar-refractivity contribution in [3.63, 3.8) is 0 Å². The molecule has 84 valence electrons. The van der Waals surface area contributed by atoms with E-state index in [0.29, 0.717) is 5.69 Å². The van der Waals surface area contributed by atoms with Crippen LogP contribution in [0.5, 0.6) is 5.75 Å². The monoisotopic (exact) mass is 221 g/mol. The van der Waals surface area contributed by atoms with E-state index >= 15 is 0 Å². The number of hydrogen-bond acceptors (Lipinski definition) is 4. The van der Waals surface area contributed by atoms with Gasteiger partial charge in [-0.15, -0.1) is 0 Å². The predicted octanol–water partition coefficient (Wildman–Crippen LogP) is 1.14. The molecule has 1 rings (SSSR count). The van der Waals surface area contributed by atoms with Crippen LogP contribution in [0.25, 0.3) is 0 Å². The van der Waals surface area contributed by atoms with E-state index in [1.807, 2.05) is 0 Å². The molecule has 0 aliphatic carbocycles. The highest BCUT2D eigenvalue weighted by Crippen LogP contribution is 2.23. The quantitative estimate of drug-likeness (QED) is 0.597. The first-order valence-electron chi connectivity index (χ1n) is 4.62. The maximum atomic E-state index is 11.3. The zero-order valence-corrected chi connectivity index (χ0v) is 8.73. The molecule has 0 heterocycles. The van der Waals surface area contributed by atoms with Crippen molar-refractivity contribution in [3.05, 3.63) is 24.3 Å². The largest absolute Gasteiger partial charge is 0.427 e. The van der Waals surface area contributed by atoms with E-state index in [9.17, 15) is 14.4 Å². The molecule has 0 saturated carbocycles. The summed E-state index contributed by atoms with van der Waals surface area (Å²) < 4.78 is 4.66. The van der Waals surface area contributed by atoms with Gasteiger partial charge in [0.2, 0.25) is 5.91 Å². The third-order valence-electron chi connectivity index (χ3n) is 1.75. The third-order valence-corrected chi connectivity index (χ3v) is 1.75. The first-order valence-corrected chi connectivity index (χ1v) is 4.62. The minimum Gasteiger partial charge on any atom is -0.427 e. The number of benzene rings is 1. The van der Waals surface area contributed by atoms with Crippen LogP contribution in [-0.2, 0) is 14.4 Å².